The van der Waals surface area contributed by atoms with Crippen LogP contribution in [0.4, 0.5) is 5.00 Å². The van der Waals surface area contributed by atoms with Crippen molar-refractivity contribution in [2.75, 3.05) is 5.32 Å². The Kier molecular flexibility index (Phi) is 6.06. The van der Waals surface area contributed by atoms with Gasteiger partial charge in [-0.25, -0.2) is 4.79 Å². The van der Waals surface area contributed by atoms with Gasteiger partial charge in [0, 0.05) is 17.0 Å². The molecule has 1 atom stereocenters. The number of carbonyl (C=O) groups is 1. The van der Waals surface area contributed by atoms with E-state index in [1.165, 1.54) is 20.9 Å². The van der Waals surface area contributed by atoms with E-state index in [2.05, 4.69) is 16.7 Å². The van der Waals surface area contributed by atoms with Crippen molar-refractivity contribution in [1.82, 2.24) is 5.27 Å². The highest BCUT2D eigenvalue weighted by Gasteiger charge is 2.31. The molecule has 2 N–H and O–H groups in total. The highest BCUT2D eigenvalue weighted by Crippen LogP contribution is 2.38. The standard InChI is InChI=1S/C21H20N4O3S2/c1-2-16(30-20-21(27)28-24-25(20)13-8-4-3-5-9-13)18(26)23-19-15(12-22)14-10-6-7-11-17(14)29-19/h3-5,8-9,16H,2,6-7,10-11H2,1H3,(H-,23,24,26,27)/p+1. The lowest BCUT2D eigenvalue weighted by atomic mass is 9.96. The van der Waals surface area contributed by atoms with Gasteiger partial charge < -0.3 is 5.32 Å². The molecule has 2 heterocycles. The number of thiophene rings is 1. The number of nitrogens with zero attached hydrogens (tertiary/aromatic N) is 2. The third-order valence-electron chi connectivity index (χ3n) is 5.06. The van der Waals surface area contributed by atoms with E-state index in [4.69, 9.17) is 4.52 Å². The fourth-order valence-corrected chi connectivity index (χ4v) is 5.76. The number of hydrogen-bond donors (Lipinski definition) is 2. The highest BCUT2D eigenvalue weighted by molar-refractivity contribution is 8.00. The summed E-state index contributed by atoms with van der Waals surface area (Å²) in [6, 6.07) is 11.5. The van der Waals surface area contributed by atoms with Gasteiger partial charge in [0.1, 0.15) is 11.1 Å². The fourth-order valence-electron chi connectivity index (χ4n) is 3.53. The third-order valence-corrected chi connectivity index (χ3v) is 7.67. The van der Waals surface area contributed by atoms with Crippen LogP contribution in [-0.2, 0) is 17.6 Å². The average Bonchev–Trinajstić information content (AvgIpc) is 3.31. The van der Waals surface area contributed by atoms with Crippen molar-refractivity contribution in [3.05, 3.63) is 56.8 Å². The first-order valence-corrected chi connectivity index (χ1v) is 11.5. The molecule has 1 unspecified atom stereocenters. The average molecular weight is 442 g/mol. The number of H-pyrrole nitrogens is 1. The van der Waals surface area contributed by atoms with E-state index in [0.29, 0.717) is 22.0 Å². The molecule has 4 rings (SSSR count). The second-order valence-electron chi connectivity index (χ2n) is 6.99. The van der Waals surface area contributed by atoms with Gasteiger partial charge in [0.25, 0.3) is 0 Å². The molecule has 154 valence electrons. The summed E-state index contributed by atoms with van der Waals surface area (Å²) in [7, 11) is 0. The number of rotatable bonds is 6. The molecule has 0 saturated heterocycles. The first-order chi connectivity index (χ1) is 14.6. The van der Waals surface area contributed by atoms with E-state index >= 15 is 0 Å². The number of aryl methyl sites for hydroxylation is 1. The van der Waals surface area contributed by atoms with Crippen molar-refractivity contribution in [3.63, 3.8) is 0 Å². The number of carbonyl (C=O) groups excluding carboxylic acids is 1. The summed E-state index contributed by atoms with van der Waals surface area (Å²) < 4.78 is 6.51. The molecule has 0 spiro atoms. The van der Waals surface area contributed by atoms with Gasteiger partial charge in [0.15, 0.2) is 0 Å². The number of thioether (sulfide) groups is 1. The zero-order valence-electron chi connectivity index (χ0n) is 16.4. The van der Waals surface area contributed by atoms with Gasteiger partial charge >= 0.3 is 10.7 Å². The number of benzene rings is 1. The summed E-state index contributed by atoms with van der Waals surface area (Å²) in [4.78, 5) is 26.5. The molecule has 0 saturated carbocycles. The molecule has 30 heavy (non-hydrogen) atoms. The predicted octanol–water partition coefficient (Wildman–Crippen LogP) is 3.57. The number of para-hydroxylation sites is 1. The Morgan fingerprint density at radius 2 is 2.13 bits per heavy atom. The van der Waals surface area contributed by atoms with Crippen molar-refractivity contribution < 1.29 is 14.0 Å². The Bertz CT molecular complexity index is 1160. The van der Waals surface area contributed by atoms with Gasteiger partial charge in [-0.3, -0.25) is 9.32 Å². The van der Waals surface area contributed by atoms with Gasteiger partial charge in [-0.1, -0.05) is 25.1 Å². The Labute approximate surface area is 181 Å². The van der Waals surface area contributed by atoms with Gasteiger partial charge in [-0.15, -0.1) is 11.3 Å². The van der Waals surface area contributed by atoms with Crippen molar-refractivity contribution in [1.29, 1.82) is 5.26 Å². The third kappa shape index (κ3) is 3.93. The summed E-state index contributed by atoms with van der Waals surface area (Å²) >= 11 is 2.65. The first-order valence-electron chi connectivity index (χ1n) is 9.83. The number of nitriles is 1. The molecular formula is C21H21N4O3S2+. The number of fused-ring (bicyclic) bond motifs is 1. The number of amides is 1. The normalized spacial score (nSPS) is 14.0. The summed E-state index contributed by atoms with van der Waals surface area (Å²) in [5.74, 6) is -0.224. The minimum Gasteiger partial charge on any atom is -0.316 e. The Morgan fingerprint density at radius 3 is 2.87 bits per heavy atom. The number of nitrogens with one attached hydrogen (secondary N) is 2. The summed E-state index contributed by atoms with van der Waals surface area (Å²) in [6.07, 6.45) is 4.54. The maximum Gasteiger partial charge on any atom is 0.442 e. The van der Waals surface area contributed by atoms with Crippen LogP contribution in [0.25, 0.3) is 5.69 Å². The molecule has 1 aliphatic rings. The van der Waals surface area contributed by atoms with Crippen LogP contribution >= 0.6 is 23.1 Å². The molecule has 1 aliphatic carbocycles. The SMILES string of the molecule is CCC(Sc1c(=O)o[nH][n+]1-c1ccccc1)C(=O)Nc1sc2c(c1C#N)CCCC2. The fraction of sp³-hybridized carbons (Fsp3) is 0.333. The number of aromatic nitrogens is 2. The van der Waals surface area contributed by atoms with E-state index in [1.54, 1.807) is 0 Å². The van der Waals surface area contributed by atoms with E-state index < -0.39 is 10.9 Å². The monoisotopic (exact) mass is 441 g/mol. The van der Waals surface area contributed by atoms with Gasteiger partial charge in [0.2, 0.25) is 11.6 Å². The van der Waals surface area contributed by atoms with Crippen molar-refractivity contribution >= 4 is 34.0 Å². The summed E-state index contributed by atoms with van der Waals surface area (Å²) in [5.41, 5.74) is 1.87. The lowest BCUT2D eigenvalue weighted by molar-refractivity contribution is -0.704. The van der Waals surface area contributed by atoms with E-state index in [1.807, 2.05) is 37.3 Å². The molecule has 0 bridgehead atoms. The summed E-state index contributed by atoms with van der Waals surface area (Å²) in [5, 5.41) is 15.6. The molecule has 0 radical (unpaired) electrons. The second kappa shape index (κ2) is 8.90. The molecule has 7 nitrogen and oxygen atoms in total. The van der Waals surface area contributed by atoms with Crippen LogP contribution in [0.5, 0.6) is 0 Å². The molecular weight excluding hydrogens is 420 g/mol. The summed E-state index contributed by atoms with van der Waals surface area (Å²) in [6.45, 7) is 1.89. The first kappa shape index (κ1) is 20.4. The van der Waals surface area contributed by atoms with Crippen LogP contribution in [-0.4, -0.2) is 16.4 Å². The number of hydrogen-bond acceptors (Lipinski definition) is 6. The smallest absolute Gasteiger partial charge is 0.316 e. The van der Waals surface area contributed by atoms with E-state index in [0.717, 1.165) is 48.7 Å². The molecule has 0 fully saturated rings. The van der Waals surface area contributed by atoms with E-state index in [9.17, 15) is 14.9 Å². The van der Waals surface area contributed by atoms with E-state index in [-0.39, 0.29) is 5.91 Å². The van der Waals surface area contributed by atoms with Crippen molar-refractivity contribution in [2.45, 2.75) is 49.3 Å². The van der Waals surface area contributed by atoms with Gasteiger partial charge in [-0.05, 0) is 59.4 Å². The highest BCUT2D eigenvalue weighted by atomic mass is 32.2. The lowest BCUT2D eigenvalue weighted by Crippen LogP contribution is -2.37. The predicted molar refractivity (Wildman–Crippen MR) is 115 cm³/mol. The van der Waals surface area contributed by atoms with Crippen LogP contribution in [0.15, 0.2) is 44.7 Å². The van der Waals surface area contributed by atoms with Gasteiger partial charge in [-0.2, -0.15) is 5.26 Å². The molecule has 9 heteroatoms. The Morgan fingerprint density at radius 1 is 1.37 bits per heavy atom. The number of anilines is 1. The quantitative estimate of drug-likeness (QED) is 0.450. The minimum absolute atomic E-state index is 0.224. The second-order valence-corrected chi connectivity index (χ2v) is 9.28. The minimum atomic E-state index is -0.528. The zero-order valence-corrected chi connectivity index (χ0v) is 18.1. The van der Waals surface area contributed by atoms with Gasteiger partial charge in [0.05, 0.1) is 10.8 Å². The molecule has 3 aromatic rings. The zero-order chi connectivity index (χ0) is 21.1. The molecule has 2 aromatic heterocycles. The molecule has 1 amide bonds. The van der Waals surface area contributed by atoms with Crippen LogP contribution in [0.1, 0.15) is 42.2 Å². The Hall–Kier alpha value is -2.83. The number of aromatic amines is 1. The van der Waals surface area contributed by atoms with Crippen LogP contribution in [0.3, 0.4) is 0 Å². The maximum atomic E-state index is 13.0. The van der Waals surface area contributed by atoms with Crippen LogP contribution < -0.4 is 15.6 Å². The Balaban J connectivity index is 1.57. The maximum absolute atomic E-state index is 13.0. The molecule has 0 aliphatic heterocycles. The topological polar surface area (TPSA) is 103 Å². The largest absolute Gasteiger partial charge is 0.442 e. The molecule has 1 aromatic carbocycles. The van der Waals surface area contributed by atoms with Crippen molar-refractivity contribution in [3.8, 4) is 11.8 Å². The van der Waals surface area contributed by atoms with Crippen LogP contribution in [0.2, 0.25) is 0 Å². The van der Waals surface area contributed by atoms with Crippen molar-refractivity contribution in [2.24, 2.45) is 0 Å². The lowest BCUT2D eigenvalue weighted by Gasteiger charge is -2.11. The van der Waals surface area contributed by atoms with Crippen LogP contribution in [0, 0.1) is 11.3 Å².